The van der Waals surface area contributed by atoms with Crippen molar-refractivity contribution in [2.24, 2.45) is 5.73 Å². The van der Waals surface area contributed by atoms with Gasteiger partial charge in [-0.2, -0.15) is 5.10 Å². The Morgan fingerprint density at radius 3 is 2.95 bits per heavy atom. The molecular weight excluding hydrogens is 301 g/mol. The van der Waals surface area contributed by atoms with Crippen LogP contribution in [0.4, 0.5) is 5.82 Å². The lowest BCUT2D eigenvalue weighted by atomic mass is 10.2. The van der Waals surface area contributed by atoms with Gasteiger partial charge in [-0.1, -0.05) is 0 Å². The van der Waals surface area contributed by atoms with Crippen LogP contribution in [0.5, 0.6) is 0 Å². The SMILES string of the molecule is C[C@@H](N)C(=O)NCC1CCCN1c1cccnn1.Cl.Cl. The number of halogens is 2. The highest BCUT2D eigenvalue weighted by Crippen LogP contribution is 2.22. The smallest absolute Gasteiger partial charge is 0.236 e. The zero-order chi connectivity index (χ0) is 13.0. The summed E-state index contributed by atoms with van der Waals surface area (Å²) in [7, 11) is 0. The Balaban J connectivity index is 0.00000180. The van der Waals surface area contributed by atoms with E-state index in [4.69, 9.17) is 5.73 Å². The van der Waals surface area contributed by atoms with Gasteiger partial charge in [0, 0.05) is 25.3 Å². The molecule has 1 aromatic rings. The molecule has 1 amide bonds. The number of rotatable bonds is 4. The molecule has 0 aromatic carbocycles. The molecule has 1 aromatic heterocycles. The summed E-state index contributed by atoms with van der Waals surface area (Å²) in [6.45, 7) is 3.25. The highest BCUT2D eigenvalue weighted by Gasteiger charge is 2.26. The normalized spacial score (nSPS) is 18.7. The van der Waals surface area contributed by atoms with Crippen LogP contribution in [0.1, 0.15) is 19.8 Å². The summed E-state index contributed by atoms with van der Waals surface area (Å²) in [5.74, 6) is 0.760. The largest absolute Gasteiger partial charge is 0.353 e. The molecule has 8 heteroatoms. The van der Waals surface area contributed by atoms with E-state index in [1.54, 1.807) is 13.1 Å². The Kier molecular flexibility index (Phi) is 8.45. The third-order valence-corrected chi connectivity index (χ3v) is 3.16. The summed E-state index contributed by atoms with van der Waals surface area (Å²) < 4.78 is 0. The molecule has 1 fully saturated rings. The first-order chi connectivity index (χ1) is 8.68. The highest BCUT2D eigenvalue weighted by atomic mass is 35.5. The van der Waals surface area contributed by atoms with Gasteiger partial charge in [0.15, 0.2) is 5.82 Å². The van der Waals surface area contributed by atoms with Crippen molar-refractivity contribution in [3.05, 3.63) is 18.3 Å². The fraction of sp³-hybridized carbons (Fsp3) is 0.583. The van der Waals surface area contributed by atoms with E-state index in [-0.39, 0.29) is 36.8 Å². The monoisotopic (exact) mass is 321 g/mol. The number of carbonyl (C=O) groups is 1. The second kappa shape index (κ2) is 8.94. The number of carbonyl (C=O) groups excluding carboxylic acids is 1. The first-order valence-corrected chi connectivity index (χ1v) is 6.26. The minimum absolute atomic E-state index is 0. The average Bonchev–Trinajstić information content (AvgIpc) is 2.85. The maximum absolute atomic E-state index is 11.5. The van der Waals surface area contributed by atoms with Crippen LogP contribution in [0.3, 0.4) is 0 Å². The molecule has 1 unspecified atom stereocenters. The minimum Gasteiger partial charge on any atom is -0.353 e. The zero-order valence-corrected chi connectivity index (χ0v) is 13.0. The van der Waals surface area contributed by atoms with E-state index in [0.29, 0.717) is 6.54 Å². The third-order valence-electron chi connectivity index (χ3n) is 3.16. The van der Waals surface area contributed by atoms with Crippen molar-refractivity contribution in [3.63, 3.8) is 0 Å². The number of aromatic nitrogens is 2. The van der Waals surface area contributed by atoms with Crippen molar-refractivity contribution in [3.8, 4) is 0 Å². The lowest BCUT2D eigenvalue weighted by molar-refractivity contribution is -0.122. The number of anilines is 1. The molecule has 114 valence electrons. The molecule has 2 atom stereocenters. The summed E-state index contributed by atoms with van der Waals surface area (Å²) >= 11 is 0. The lowest BCUT2D eigenvalue weighted by Crippen LogP contribution is -2.45. The number of nitrogens with one attached hydrogen (secondary N) is 1. The molecule has 1 aliphatic heterocycles. The number of nitrogens with zero attached hydrogens (tertiary/aromatic N) is 3. The summed E-state index contributed by atoms with van der Waals surface area (Å²) in [6, 6.07) is 3.64. The molecule has 0 radical (unpaired) electrons. The predicted molar refractivity (Wildman–Crippen MR) is 83.6 cm³/mol. The van der Waals surface area contributed by atoms with E-state index in [0.717, 1.165) is 25.2 Å². The maximum Gasteiger partial charge on any atom is 0.236 e. The van der Waals surface area contributed by atoms with E-state index < -0.39 is 6.04 Å². The Morgan fingerprint density at radius 2 is 2.35 bits per heavy atom. The van der Waals surface area contributed by atoms with Gasteiger partial charge in [-0.05, 0) is 31.9 Å². The average molecular weight is 322 g/mol. The molecule has 0 bridgehead atoms. The second-order valence-electron chi connectivity index (χ2n) is 4.61. The van der Waals surface area contributed by atoms with E-state index >= 15 is 0 Å². The van der Waals surface area contributed by atoms with Crippen molar-refractivity contribution in [1.82, 2.24) is 15.5 Å². The van der Waals surface area contributed by atoms with E-state index in [2.05, 4.69) is 20.4 Å². The number of hydrogen-bond acceptors (Lipinski definition) is 5. The molecule has 6 nitrogen and oxygen atoms in total. The van der Waals surface area contributed by atoms with Crippen LogP contribution in [-0.4, -0.2) is 41.3 Å². The molecule has 2 rings (SSSR count). The molecule has 1 saturated heterocycles. The van der Waals surface area contributed by atoms with Gasteiger partial charge in [0.25, 0.3) is 0 Å². The zero-order valence-electron chi connectivity index (χ0n) is 11.4. The predicted octanol–water partition coefficient (Wildman–Crippen LogP) is 0.752. The van der Waals surface area contributed by atoms with Gasteiger partial charge >= 0.3 is 0 Å². The molecule has 2 heterocycles. The molecular formula is C12H21Cl2N5O. The van der Waals surface area contributed by atoms with Crippen LogP contribution < -0.4 is 16.0 Å². The molecule has 1 aliphatic rings. The topological polar surface area (TPSA) is 84.1 Å². The molecule has 20 heavy (non-hydrogen) atoms. The van der Waals surface area contributed by atoms with Gasteiger partial charge in [0.1, 0.15) is 0 Å². The number of nitrogens with two attached hydrogens (primary N) is 1. The summed E-state index contributed by atoms with van der Waals surface area (Å²) in [4.78, 5) is 13.6. The lowest BCUT2D eigenvalue weighted by Gasteiger charge is -2.25. The molecule has 0 aliphatic carbocycles. The first-order valence-electron chi connectivity index (χ1n) is 6.26. The quantitative estimate of drug-likeness (QED) is 0.855. The van der Waals surface area contributed by atoms with Gasteiger partial charge in [-0.25, -0.2) is 0 Å². The highest BCUT2D eigenvalue weighted by molar-refractivity contribution is 5.85. The van der Waals surface area contributed by atoms with Crippen LogP contribution in [0.25, 0.3) is 0 Å². The summed E-state index contributed by atoms with van der Waals surface area (Å²) in [6.07, 6.45) is 3.82. The maximum atomic E-state index is 11.5. The fourth-order valence-corrected chi connectivity index (χ4v) is 2.18. The Hall–Kier alpha value is -1.11. The van der Waals surface area contributed by atoms with Crippen molar-refractivity contribution >= 4 is 36.5 Å². The van der Waals surface area contributed by atoms with Gasteiger partial charge < -0.3 is 16.0 Å². The molecule has 0 spiro atoms. The van der Waals surface area contributed by atoms with Crippen molar-refractivity contribution in [2.45, 2.75) is 31.8 Å². The first kappa shape index (κ1) is 18.9. The third kappa shape index (κ3) is 4.77. The van der Waals surface area contributed by atoms with Crippen LogP contribution >= 0.6 is 24.8 Å². The Morgan fingerprint density at radius 1 is 1.60 bits per heavy atom. The van der Waals surface area contributed by atoms with Gasteiger partial charge in [0.05, 0.1) is 6.04 Å². The second-order valence-corrected chi connectivity index (χ2v) is 4.61. The van der Waals surface area contributed by atoms with Gasteiger partial charge in [-0.3, -0.25) is 4.79 Å². The van der Waals surface area contributed by atoms with Crippen LogP contribution in [0, 0.1) is 0 Å². The van der Waals surface area contributed by atoms with Crippen LogP contribution in [0.2, 0.25) is 0 Å². The summed E-state index contributed by atoms with van der Waals surface area (Å²) in [5.41, 5.74) is 5.52. The van der Waals surface area contributed by atoms with E-state index in [1.165, 1.54) is 0 Å². The van der Waals surface area contributed by atoms with E-state index in [1.807, 2.05) is 12.1 Å². The van der Waals surface area contributed by atoms with E-state index in [9.17, 15) is 4.79 Å². The van der Waals surface area contributed by atoms with Crippen LogP contribution in [-0.2, 0) is 4.79 Å². The number of hydrogen-bond donors (Lipinski definition) is 2. The van der Waals surface area contributed by atoms with Crippen LogP contribution in [0.15, 0.2) is 18.3 Å². The van der Waals surface area contributed by atoms with Crippen molar-refractivity contribution < 1.29 is 4.79 Å². The fourth-order valence-electron chi connectivity index (χ4n) is 2.18. The molecule has 3 N–H and O–H groups in total. The minimum atomic E-state index is -0.462. The van der Waals surface area contributed by atoms with Gasteiger partial charge in [0.2, 0.25) is 5.91 Å². The standard InChI is InChI=1S/C12H19N5O.2ClH/c1-9(13)12(18)14-8-10-4-3-7-17(10)11-5-2-6-15-16-11;;/h2,5-6,9-10H,3-4,7-8,13H2,1H3,(H,14,18);2*1H/t9-,10?;;/m1../s1. The Bertz CT molecular complexity index is 404. The van der Waals surface area contributed by atoms with Crippen molar-refractivity contribution in [2.75, 3.05) is 18.0 Å². The van der Waals surface area contributed by atoms with Gasteiger partial charge in [-0.15, -0.1) is 29.9 Å². The molecule has 0 saturated carbocycles. The summed E-state index contributed by atoms with van der Waals surface area (Å²) in [5, 5.41) is 10.9. The number of amides is 1. The van der Waals surface area contributed by atoms with Crippen molar-refractivity contribution in [1.29, 1.82) is 0 Å². The Labute approximate surface area is 131 Å².